The number of nitrogens with zero attached hydrogens (tertiary/aromatic N) is 2. The van der Waals surface area contributed by atoms with Crippen LogP contribution < -0.4 is 10.6 Å². The van der Waals surface area contributed by atoms with Crippen LogP contribution in [0.25, 0.3) is 0 Å². The van der Waals surface area contributed by atoms with Crippen molar-refractivity contribution < 1.29 is 0 Å². The van der Waals surface area contributed by atoms with E-state index in [1.807, 2.05) is 0 Å². The molecule has 0 radical (unpaired) electrons. The molecule has 2 N–H and O–H groups in total. The Morgan fingerprint density at radius 1 is 1.53 bits per heavy atom. The molecule has 2 heterocycles. The highest BCUT2D eigenvalue weighted by atomic mass is 32.1. The van der Waals surface area contributed by atoms with Crippen LogP contribution in [0, 0.1) is 0 Å². The smallest absolute Gasteiger partial charge is 0.185 e. The summed E-state index contributed by atoms with van der Waals surface area (Å²) in [5.74, 6) is 0. The molecule has 0 bridgehead atoms. The molecule has 1 aromatic rings. The number of anilines is 1. The predicted octanol–water partition coefficient (Wildman–Crippen LogP) is 2.02. The molecule has 0 saturated carbocycles. The van der Waals surface area contributed by atoms with Gasteiger partial charge in [0.2, 0.25) is 0 Å². The number of aromatic nitrogens is 1. The molecule has 0 aliphatic carbocycles. The van der Waals surface area contributed by atoms with Crippen molar-refractivity contribution in [1.29, 1.82) is 0 Å². The molecule has 2 rings (SSSR count). The largest absolute Gasteiger partial charge is 0.344 e. The van der Waals surface area contributed by atoms with Gasteiger partial charge in [-0.3, -0.25) is 0 Å². The molecule has 0 amide bonds. The molecule has 3 nitrogen and oxygen atoms in total. The average molecular weight is 225 g/mol. The minimum Gasteiger partial charge on any atom is -0.344 e. The third-order valence-corrected chi connectivity index (χ3v) is 3.88. The van der Waals surface area contributed by atoms with E-state index in [0.29, 0.717) is 0 Å². The fourth-order valence-corrected chi connectivity index (χ4v) is 3.02. The maximum atomic E-state index is 6.22. The van der Waals surface area contributed by atoms with Crippen molar-refractivity contribution in [1.82, 2.24) is 4.98 Å². The summed E-state index contributed by atoms with van der Waals surface area (Å²) in [4.78, 5) is 6.86. The van der Waals surface area contributed by atoms with Gasteiger partial charge in [0, 0.05) is 18.5 Å². The van der Waals surface area contributed by atoms with Gasteiger partial charge in [0.05, 0.1) is 11.2 Å². The Bertz CT molecular complexity index is 328. The van der Waals surface area contributed by atoms with E-state index < -0.39 is 0 Å². The predicted molar refractivity (Wildman–Crippen MR) is 65.5 cm³/mol. The SMILES string of the molecule is CCCC1(N)CN(c2nc(CC)cs2)C1. The van der Waals surface area contributed by atoms with Crippen molar-refractivity contribution in [2.75, 3.05) is 18.0 Å². The van der Waals surface area contributed by atoms with Crippen LogP contribution in [-0.4, -0.2) is 23.6 Å². The molecule has 1 saturated heterocycles. The van der Waals surface area contributed by atoms with E-state index in [9.17, 15) is 0 Å². The zero-order chi connectivity index (χ0) is 10.9. The third-order valence-electron chi connectivity index (χ3n) is 2.93. The molecule has 0 atom stereocenters. The Balaban J connectivity index is 1.93. The van der Waals surface area contributed by atoms with E-state index >= 15 is 0 Å². The standard InChI is InChI=1S/C11H19N3S/c1-3-5-11(12)7-14(8-11)10-13-9(4-2)6-15-10/h6H,3-5,7-8,12H2,1-2H3. The van der Waals surface area contributed by atoms with Gasteiger partial charge in [-0.05, 0) is 12.8 Å². The van der Waals surface area contributed by atoms with E-state index in [2.05, 4.69) is 29.1 Å². The van der Waals surface area contributed by atoms with Crippen LogP contribution >= 0.6 is 11.3 Å². The summed E-state index contributed by atoms with van der Waals surface area (Å²) >= 11 is 1.74. The van der Waals surface area contributed by atoms with Crippen molar-refractivity contribution in [2.45, 2.75) is 38.6 Å². The summed E-state index contributed by atoms with van der Waals surface area (Å²) in [6.07, 6.45) is 3.31. The van der Waals surface area contributed by atoms with Gasteiger partial charge in [-0.25, -0.2) is 4.98 Å². The second-order valence-electron chi connectivity index (χ2n) is 4.44. The number of aryl methyl sites for hydroxylation is 1. The van der Waals surface area contributed by atoms with Crippen molar-refractivity contribution in [3.63, 3.8) is 0 Å². The first-order valence-corrected chi connectivity index (χ1v) is 6.53. The second kappa shape index (κ2) is 4.10. The van der Waals surface area contributed by atoms with Gasteiger partial charge in [-0.2, -0.15) is 0 Å². The lowest BCUT2D eigenvalue weighted by Crippen LogP contribution is -2.67. The molecule has 1 aliphatic rings. The van der Waals surface area contributed by atoms with Gasteiger partial charge >= 0.3 is 0 Å². The molecule has 0 unspecified atom stereocenters. The molecule has 84 valence electrons. The first-order chi connectivity index (χ1) is 7.17. The lowest BCUT2D eigenvalue weighted by atomic mass is 9.87. The molecule has 1 aliphatic heterocycles. The summed E-state index contributed by atoms with van der Waals surface area (Å²) in [5, 5.41) is 3.29. The summed E-state index contributed by atoms with van der Waals surface area (Å²) in [5.41, 5.74) is 7.46. The Morgan fingerprint density at radius 3 is 2.80 bits per heavy atom. The molecular formula is C11H19N3S. The van der Waals surface area contributed by atoms with Gasteiger partial charge in [0.15, 0.2) is 5.13 Å². The molecular weight excluding hydrogens is 206 g/mol. The van der Waals surface area contributed by atoms with Gasteiger partial charge in [-0.1, -0.05) is 20.3 Å². The van der Waals surface area contributed by atoms with Gasteiger partial charge in [-0.15, -0.1) is 11.3 Å². The van der Waals surface area contributed by atoms with Gasteiger partial charge in [0.1, 0.15) is 0 Å². The second-order valence-corrected chi connectivity index (χ2v) is 5.28. The quantitative estimate of drug-likeness (QED) is 0.852. The summed E-state index contributed by atoms with van der Waals surface area (Å²) in [6.45, 7) is 6.27. The Kier molecular flexibility index (Phi) is 2.98. The average Bonchev–Trinajstić information content (AvgIpc) is 2.62. The van der Waals surface area contributed by atoms with E-state index in [4.69, 9.17) is 5.73 Å². The third kappa shape index (κ3) is 2.16. The zero-order valence-corrected chi connectivity index (χ0v) is 10.3. The van der Waals surface area contributed by atoms with E-state index in [1.54, 1.807) is 11.3 Å². The van der Waals surface area contributed by atoms with Crippen LogP contribution in [0.3, 0.4) is 0 Å². The highest BCUT2D eigenvalue weighted by Gasteiger charge is 2.39. The van der Waals surface area contributed by atoms with Crippen molar-refractivity contribution in [3.8, 4) is 0 Å². The number of thiazole rings is 1. The molecule has 15 heavy (non-hydrogen) atoms. The van der Waals surface area contributed by atoms with Crippen LogP contribution in [0.5, 0.6) is 0 Å². The lowest BCUT2D eigenvalue weighted by Gasteiger charge is -2.47. The Morgan fingerprint density at radius 2 is 2.27 bits per heavy atom. The van der Waals surface area contributed by atoms with Crippen LogP contribution in [0.4, 0.5) is 5.13 Å². The topological polar surface area (TPSA) is 42.1 Å². The normalized spacial score (nSPS) is 19.0. The van der Waals surface area contributed by atoms with Crippen molar-refractivity contribution >= 4 is 16.5 Å². The fourth-order valence-electron chi connectivity index (χ4n) is 2.11. The highest BCUT2D eigenvalue weighted by molar-refractivity contribution is 7.13. The van der Waals surface area contributed by atoms with Crippen LogP contribution in [-0.2, 0) is 6.42 Å². The molecule has 1 fully saturated rings. The number of hydrogen-bond donors (Lipinski definition) is 1. The monoisotopic (exact) mass is 225 g/mol. The van der Waals surface area contributed by atoms with E-state index in [-0.39, 0.29) is 5.54 Å². The van der Waals surface area contributed by atoms with Crippen LogP contribution in [0.15, 0.2) is 5.38 Å². The van der Waals surface area contributed by atoms with Crippen LogP contribution in [0.2, 0.25) is 0 Å². The number of nitrogens with two attached hydrogens (primary N) is 1. The number of hydrogen-bond acceptors (Lipinski definition) is 4. The van der Waals surface area contributed by atoms with Crippen molar-refractivity contribution in [3.05, 3.63) is 11.1 Å². The molecule has 0 spiro atoms. The van der Waals surface area contributed by atoms with E-state index in [0.717, 1.165) is 31.1 Å². The summed E-state index contributed by atoms with van der Waals surface area (Å²) in [7, 11) is 0. The zero-order valence-electron chi connectivity index (χ0n) is 9.49. The minimum atomic E-state index is 0.0484. The van der Waals surface area contributed by atoms with Gasteiger partial charge < -0.3 is 10.6 Å². The van der Waals surface area contributed by atoms with E-state index in [1.165, 1.54) is 12.1 Å². The van der Waals surface area contributed by atoms with Gasteiger partial charge in [0.25, 0.3) is 0 Å². The fraction of sp³-hybridized carbons (Fsp3) is 0.727. The summed E-state index contributed by atoms with van der Waals surface area (Å²) < 4.78 is 0. The lowest BCUT2D eigenvalue weighted by molar-refractivity contribution is 0.307. The Labute approximate surface area is 95.3 Å². The summed E-state index contributed by atoms with van der Waals surface area (Å²) in [6, 6.07) is 0. The number of rotatable bonds is 4. The maximum absolute atomic E-state index is 6.22. The Hall–Kier alpha value is -0.610. The van der Waals surface area contributed by atoms with Crippen LogP contribution in [0.1, 0.15) is 32.4 Å². The van der Waals surface area contributed by atoms with Crippen molar-refractivity contribution in [2.24, 2.45) is 5.73 Å². The minimum absolute atomic E-state index is 0.0484. The highest BCUT2D eigenvalue weighted by Crippen LogP contribution is 2.31. The molecule has 0 aromatic carbocycles. The first kappa shape index (κ1) is 10.9. The molecule has 1 aromatic heterocycles. The molecule has 4 heteroatoms. The maximum Gasteiger partial charge on any atom is 0.185 e. The first-order valence-electron chi connectivity index (χ1n) is 5.65.